The molecule has 0 fully saturated rings. The van der Waals surface area contributed by atoms with Gasteiger partial charge >= 0.3 is 6.09 Å². The van der Waals surface area contributed by atoms with Crippen LogP contribution < -0.4 is 5.32 Å². The molecule has 0 bridgehead atoms. The first-order valence-corrected chi connectivity index (χ1v) is 4.42. The second kappa shape index (κ2) is 5.07. The maximum Gasteiger partial charge on any atom is 0.409 e. The number of hydrogen-bond donors (Lipinski definition) is 1. The van der Waals surface area contributed by atoms with Crippen LogP contribution in [0.15, 0.2) is 0 Å². The Kier molecular flexibility index (Phi) is 4.77. The summed E-state index contributed by atoms with van der Waals surface area (Å²) >= 11 is 0. The van der Waals surface area contributed by atoms with Crippen LogP contribution in [-0.2, 0) is 4.74 Å². The molecule has 0 radical (unpaired) electrons. The number of hydrogen-bond acceptors (Lipinski definition) is 3. The van der Waals surface area contributed by atoms with Crippen molar-refractivity contribution < 1.29 is 9.53 Å². The molecule has 1 amide bonds. The van der Waals surface area contributed by atoms with E-state index in [1.165, 1.54) is 4.90 Å². The van der Waals surface area contributed by atoms with Crippen LogP contribution in [0.1, 0.15) is 20.8 Å². The van der Waals surface area contributed by atoms with Gasteiger partial charge in [-0.15, -0.1) is 0 Å². The molecule has 0 saturated carbocycles. The van der Waals surface area contributed by atoms with Crippen molar-refractivity contribution in [2.24, 2.45) is 0 Å². The van der Waals surface area contributed by atoms with Gasteiger partial charge < -0.3 is 15.0 Å². The van der Waals surface area contributed by atoms with E-state index in [9.17, 15) is 4.79 Å². The molecule has 0 spiro atoms. The van der Waals surface area contributed by atoms with Gasteiger partial charge in [-0.2, -0.15) is 0 Å². The first-order chi connectivity index (χ1) is 5.83. The SMILES string of the molecule is CN(C)C(=O)OCCNC(C)(C)C. The fourth-order valence-electron chi connectivity index (χ4n) is 0.693. The van der Waals surface area contributed by atoms with Crippen molar-refractivity contribution in [3.05, 3.63) is 0 Å². The van der Waals surface area contributed by atoms with E-state index in [1.54, 1.807) is 14.1 Å². The number of nitrogens with zero attached hydrogens (tertiary/aromatic N) is 1. The molecule has 0 saturated heterocycles. The predicted molar refractivity (Wildman–Crippen MR) is 52.8 cm³/mol. The van der Waals surface area contributed by atoms with Crippen molar-refractivity contribution in [3.63, 3.8) is 0 Å². The summed E-state index contributed by atoms with van der Waals surface area (Å²) in [5.41, 5.74) is 0.0739. The average molecular weight is 188 g/mol. The van der Waals surface area contributed by atoms with Crippen molar-refractivity contribution in [1.29, 1.82) is 0 Å². The molecule has 0 aromatic carbocycles. The second-order valence-corrected chi connectivity index (χ2v) is 4.19. The lowest BCUT2D eigenvalue weighted by atomic mass is 10.1. The van der Waals surface area contributed by atoms with Gasteiger partial charge in [-0.25, -0.2) is 4.79 Å². The molecular formula is C9H20N2O2. The molecule has 78 valence electrons. The van der Waals surface area contributed by atoms with E-state index in [4.69, 9.17) is 4.74 Å². The fourth-order valence-corrected chi connectivity index (χ4v) is 0.693. The molecule has 0 aliphatic rings. The van der Waals surface area contributed by atoms with Crippen LogP contribution in [0.2, 0.25) is 0 Å². The Morgan fingerprint density at radius 1 is 1.38 bits per heavy atom. The largest absolute Gasteiger partial charge is 0.448 e. The molecular weight excluding hydrogens is 168 g/mol. The number of carbonyl (C=O) groups excluding carboxylic acids is 1. The molecule has 0 aromatic heterocycles. The zero-order valence-corrected chi connectivity index (χ0v) is 9.18. The molecule has 0 aliphatic heterocycles. The van der Waals surface area contributed by atoms with Crippen LogP contribution in [0, 0.1) is 0 Å². The second-order valence-electron chi connectivity index (χ2n) is 4.19. The van der Waals surface area contributed by atoms with Crippen LogP contribution in [0.25, 0.3) is 0 Å². The van der Waals surface area contributed by atoms with Crippen LogP contribution in [0.4, 0.5) is 4.79 Å². The number of ether oxygens (including phenoxy) is 1. The minimum Gasteiger partial charge on any atom is -0.448 e. The monoisotopic (exact) mass is 188 g/mol. The molecule has 0 atom stereocenters. The Labute approximate surface area is 80.2 Å². The fraction of sp³-hybridized carbons (Fsp3) is 0.889. The Morgan fingerprint density at radius 3 is 2.31 bits per heavy atom. The number of nitrogens with one attached hydrogen (secondary N) is 1. The lowest BCUT2D eigenvalue weighted by molar-refractivity contribution is 0.117. The Hall–Kier alpha value is -0.770. The van der Waals surface area contributed by atoms with Gasteiger partial charge in [0.15, 0.2) is 0 Å². The smallest absolute Gasteiger partial charge is 0.409 e. The van der Waals surface area contributed by atoms with Crippen molar-refractivity contribution in [3.8, 4) is 0 Å². The third kappa shape index (κ3) is 7.59. The van der Waals surface area contributed by atoms with Gasteiger partial charge in [-0.1, -0.05) is 0 Å². The Balaban J connectivity index is 3.42. The summed E-state index contributed by atoms with van der Waals surface area (Å²) < 4.78 is 4.92. The van der Waals surface area contributed by atoms with Gasteiger partial charge in [0.25, 0.3) is 0 Å². The predicted octanol–water partition coefficient (Wildman–Crippen LogP) is 1.07. The normalized spacial score (nSPS) is 11.2. The van der Waals surface area contributed by atoms with E-state index >= 15 is 0 Å². The summed E-state index contributed by atoms with van der Waals surface area (Å²) in [5.74, 6) is 0. The molecule has 0 aromatic rings. The molecule has 0 rings (SSSR count). The van der Waals surface area contributed by atoms with E-state index in [1.807, 2.05) is 0 Å². The van der Waals surface area contributed by atoms with Gasteiger partial charge in [0, 0.05) is 26.2 Å². The summed E-state index contributed by atoms with van der Waals surface area (Å²) in [6.07, 6.45) is -0.296. The minimum atomic E-state index is -0.296. The molecule has 0 unspecified atom stereocenters. The first-order valence-electron chi connectivity index (χ1n) is 4.42. The molecule has 4 nitrogen and oxygen atoms in total. The quantitative estimate of drug-likeness (QED) is 0.674. The maximum atomic E-state index is 10.9. The van der Waals surface area contributed by atoms with E-state index < -0.39 is 0 Å². The van der Waals surface area contributed by atoms with Gasteiger partial charge in [-0.05, 0) is 20.8 Å². The summed E-state index contributed by atoms with van der Waals surface area (Å²) in [6, 6.07) is 0. The van der Waals surface area contributed by atoms with E-state index in [0.29, 0.717) is 13.2 Å². The Morgan fingerprint density at radius 2 is 1.92 bits per heavy atom. The van der Waals surface area contributed by atoms with Crippen LogP contribution >= 0.6 is 0 Å². The molecule has 0 heterocycles. The summed E-state index contributed by atoms with van der Waals surface area (Å²) in [7, 11) is 3.33. The highest BCUT2D eigenvalue weighted by Gasteiger charge is 2.08. The molecule has 13 heavy (non-hydrogen) atoms. The summed E-state index contributed by atoms with van der Waals surface area (Å²) in [5, 5.41) is 3.22. The number of carbonyl (C=O) groups is 1. The van der Waals surface area contributed by atoms with Crippen molar-refractivity contribution >= 4 is 6.09 Å². The van der Waals surface area contributed by atoms with Gasteiger partial charge in [0.05, 0.1) is 0 Å². The zero-order chi connectivity index (χ0) is 10.5. The molecule has 0 aliphatic carbocycles. The third-order valence-corrected chi connectivity index (χ3v) is 1.35. The third-order valence-electron chi connectivity index (χ3n) is 1.35. The zero-order valence-electron chi connectivity index (χ0n) is 9.18. The molecule has 4 heteroatoms. The van der Waals surface area contributed by atoms with Crippen molar-refractivity contribution in [2.75, 3.05) is 27.2 Å². The van der Waals surface area contributed by atoms with Crippen LogP contribution in [0.3, 0.4) is 0 Å². The van der Waals surface area contributed by atoms with Gasteiger partial charge in [0.2, 0.25) is 0 Å². The lowest BCUT2D eigenvalue weighted by Crippen LogP contribution is -2.38. The summed E-state index contributed by atoms with van der Waals surface area (Å²) in [4.78, 5) is 12.4. The van der Waals surface area contributed by atoms with Crippen molar-refractivity contribution in [2.45, 2.75) is 26.3 Å². The molecule has 1 N–H and O–H groups in total. The van der Waals surface area contributed by atoms with Crippen LogP contribution in [-0.4, -0.2) is 43.8 Å². The highest BCUT2D eigenvalue weighted by atomic mass is 16.6. The van der Waals surface area contributed by atoms with E-state index in [0.717, 1.165) is 0 Å². The summed E-state index contributed by atoms with van der Waals surface area (Å²) in [6.45, 7) is 7.31. The Bertz CT molecular complexity index is 161. The van der Waals surface area contributed by atoms with E-state index in [-0.39, 0.29) is 11.6 Å². The number of rotatable bonds is 3. The van der Waals surface area contributed by atoms with Gasteiger partial charge in [0.1, 0.15) is 6.61 Å². The minimum absolute atomic E-state index is 0.0739. The average Bonchev–Trinajstić information content (AvgIpc) is 1.95. The first kappa shape index (κ1) is 12.2. The number of amides is 1. The highest BCUT2D eigenvalue weighted by molar-refractivity contribution is 5.66. The lowest BCUT2D eigenvalue weighted by Gasteiger charge is -2.20. The van der Waals surface area contributed by atoms with Gasteiger partial charge in [-0.3, -0.25) is 0 Å². The maximum absolute atomic E-state index is 10.9. The topological polar surface area (TPSA) is 41.6 Å². The standard InChI is InChI=1S/C9H20N2O2/c1-9(2,3)10-6-7-13-8(12)11(4)5/h10H,6-7H2,1-5H3. The highest BCUT2D eigenvalue weighted by Crippen LogP contribution is 1.97. The van der Waals surface area contributed by atoms with Crippen molar-refractivity contribution in [1.82, 2.24) is 10.2 Å². The van der Waals surface area contributed by atoms with E-state index in [2.05, 4.69) is 26.1 Å². The van der Waals surface area contributed by atoms with Crippen LogP contribution in [0.5, 0.6) is 0 Å².